The number of carbonyl (C=O) groups excluding carboxylic acids is 2. The lowest BCUT2D eigenvalue weighted by atomic mass is 10.2. The highest BCUT2D eigenvalue weighted by atomic mass is 32.1. The summed E-state index contributed by atoms with van der Waals surface area (Å²) in [6.45, 7) is 4.00. The molecular weight excluding hydrogens is 362 g/mol. The number of ether oxygens (including phenoxy) is 1. The summed E-state index contributed by atoms with van der Waals surface area (Å²) in [4.78, 5) is 27.9. The van der Waals surface area contributed by atoms with Gasteiger partial charge in [0.05, 0.1) is 6.61 Å². The van der Waals surface area contributed by atoms with E-state index in [-0.39, 0.29) is 11.8 Å². The summed E-state index contributed by atoms with van der Waals surface area (Å²) >= 11 is 1.41. The second-order valence-corrected chi connectivity index (χ2v) is 6.57. The van der Waals surface area contributed by atoms with Crippen molar-refractivity contribution in [2.45, 2.75) is 13.8 Å². The number of carbonyl (C=O) groups is 2. The number of rotatable bonds is 6. The maximum absolute atomic E-state index is 12.4. The third-order valence-corrected chi connectivity index (χ3v) is 4.50. The first-order valence-electron chi connectivity index (χ1n) is 8.43. The molecule has 138 valence electrons. The van der Waals surface area contributed by atoms with Gasteiger partial charge in [-0.25, -0.2) is 4.98 Å². The molecule has 0 radical (unpaired) electrons. The lowest BCUT2D eigenvalue weighted by Gasteiger charge is -2.05. The Balaban J connectivity index is 1.66. The standard InChI is InChI=1S/C20H19N3O3S/c1-3-26-17-10-4-14(5-11-17)20-23-18(12-27-20)19(25)22-16-8-6-15(7-9-16)21-13(2)24/h4-12H,3H2,1-2H3,(H,21,24)(H,22,25). The highest BCUT2D eigenvalue weighted by molar-refractivity contribution is 7.13. The maximum atomic E-state index is 12.4. The van der Waals surface area contributed by atoms with Crippen molar-refractivity contribution in [3.8, 4) is 16.3 Å². The largest absolute Gasteiger partial charge is 0.494 e. The van der Waals surface area contributed by atoms with E-state index in [2.05, 4.69) is 15.6 Å². The molecule has 2 aromatic carbocycles. The van der Waals surface area contributed by atoms with E-state index < -0.39 is 0 Å². The number of hydrogen-bond acceptors (Lipinski definition) is 5. The molecule has 6 nitrogen and oxygen atoms in total. The molecule has 3 rings (SSSR count). The van der Waals surface area contributed by atoms with E-state index in [0.717, 1.165) is 16.3 Å². The van der Waals surface area contributed by atoms with Crippen LogP contribution >= 0.6 is 11.3 Å². The third-order valence-electron chi connectivity index (χ3n) is 3.61. The first-order chi connectivity index (χ1) is 13.0. The van der Waals surface area contributed by atoms with E-state index in [4.69, 9.17) is 4.74 Å². The predicted molar refractivity (Wildman–Crippen MR) is 107 cm³/mol. The molecule has 0 saturated carbocycles. The fraction of sp³-hybridized carbons (Fsp3) is 0.150. The maximum Gasteiger partial charge on any atom is 0.275 e. The molecule has 7 heteroatoms. The number of nitrogens with one attached hydrogen (secondary N) is 2. The van der Waals surface area contributed by atoms with Gasteiger partial charge in [-0.15, -0.1) is 11.3 Å². The Bertz CT molecular complexity index is 934. The monoisotopic (exact) mass is 381 g/mol. The molecule has 0 aliphatic carbocycles. The minimum atomic E-state index is -0.282. The minimum Gasteiger partial charge on any atom is -0.494 e. The summed E-state index contributed by atoms with van der Waals surface area (Å²) in [5, 5.41) is 7.98. The number of aromatic nitrogens is 1. The fourth-order valence-corrected chi connectivity index (χ4v) is 3.21. The van der Waals surface area contributed by atoms with E-state index in [1.807, 2.05) is 31.2 Å². The van der Waals surface area contributed by atoms with Gasteiger partial charge >= 0.3 is 0 Å². The molecule has 0 unspecified atom stereocenters. The fourth-order valence-electron chi connectivity index (χ4n) is 2.41. The van der Waals surface area contributed by atoms with Gasteiger partial charge in [-0.3, -0.25) is 9.59 Å². The quantitative estimate of drug-likeness (QED) is 0.662. The van der Waals surface area contributed by atoms with Crippen LogP contribution in [0.1, 0.15) is 24.3 Å². The molecule has 0 atom stereocenters. The number of thiazole rings is 1. The Morgan fingerprint density at radius 2 is 1.63 bits per heavy atom. The normalized spacial score (nSPS) is 10.3. The molecule has 0 saturated heterocycles. The number of benzene rings is 2. The van der Waals surface area contributed by atoms with Crippen LogP contribution in [0.5, 0.6) is 5.75 Å². The number of anilines is 2. The van der Waals surface area contributed by atoms with Crippen molar-refractivity contribution in [2.24, 2.45) is 0 Å². The molecule has 0 bridgehead atoms. The number of nitrogens with zero attached hydrogens (tertiary/aromatic N) is 1. The van der Waals surface area contributed by atoms with Crippen LogP contribution in [0.4, 0.5) is 11.4 Å². The molecule has 27 heavy (non-hydrogen) atoms. The van der Waals surface area contributed by atoms with Gasteiger partial charge in [-0.1, -0.05) is 0 Å². The van der Waals surface area contributed by atoms with Gasteiger partial charge in [0.2, 0.25) is 5.91 Å². The van der Waals surface area contributed by atoms with Gasteiger partial charge in [0.25, 0.3) is 5.91 Å². The topological polar surface area (TPSA) is 80.3 Å². The van der Waals surface area contributed by atoms with Crippen LogP contribution in [0, 0.1) is 0 Å². The highest BCUT2D eigenvalue weighted by Crippen LogP contribution is 2.26. The van der Waals surface area contributed by atoms with Crippen LogP contribution < -0.4 is 15.4 Å². The van der Waals surface area contributed by atoms with Crippen LogP contribution in [0.15, 0.2) is 53.9 Å². The van der Waals surface area contributed by atoms with Crippen LogP contribution in [-0.4, -0.2) is 23.4 Å². The summed E-state index contributed by atoms with van der Waals surface area (Å²) in [7, 11) is 0. The molecule has 0 aliphatic heterocycles. The summed E-state index contributed by atoms with van der Waals surface area (Å²) in [5.74, 6) is 0.380. The van der Waals surface area contributed by atoms with Crippen LogP contribution in [0.3, 0.4) is 0 Å². The molecule has 0 aliphatic rings. The molecule has 0 fully saturated rings. The lowest BCUT2D eigenvalue weighted by Crippen LogP contribution is -2.12. The van der Waals surface area contributed by atoms with Crippen molar-refractivity contribution in [2.75, 3.05) is 17.2 Å². The van der Waals surface area contributed by atoms with E-state index in [0.29, 0.717) is 23.7 Å². The van der Waals surface area contributed by atoms with Crippen molar-refractivity contribution in [3.05, 3.63) is 59.6 Å². The van der Waals surface area contributed by atoms with E-state index >= 15 is 0 Å². The van der Waals surface area contributed by atoms with Crippen molar-refractivity contribution in [1.29, 1.82) is 0 Å². The van der Waals surface area contributed by atoms with Crippen LogP contribution in [-0.2, 0) is 4.79 Å². The Morgan fingerprint density at radius 1 is 1.00 bits per heavy atom. The third kappa shape index (κ3) is 4.92. The predicted octanol–water partition coefficient (Wildman–Crippen LogP) is 4.42. The zero-order valence-corrected chi connectivity index (χ0v) is 15.8. The summed E-state index contributed by atoms with van der Waals surface area (Å²) in [6, 6.07) is 14.5. The first kappa shape index (κ1) is 18.6. The summed E-state index contributed by atoms with van der Waals surface area (Å²) < 4.78 is 5.43. The first-order valence-corrected chi connectivity index (χ1v) is 9.31. The molecule has 1 aromatic heterocycles. The van der Waals surface area contributed by atoms with Gasteiger partial charge < -0.3 is 15.4 Å². The molecule has 1 heterocycles. The van der Waals surface area contributed by atoms with Crippen molar-refractivity contribution in [1.82, 2.24) is 4.98 Å². The Kier molecular flexibility index (Phi) is 5.83. The van der Waals surface area contributed by atoms with E-state index in [1.54, 1.807) is 29.6 Å². The van der Waals surface area contributed by atoms with Crippen molar-refractivity contribution < 1.29 is 14.3 Å². The van der Waals surface area contributed by atoms with Crippen LogP contribution in [0.25, 0.3) is 10.6 Å². The summed E-state index contributed by atoms with van der Waals surface area (Å²) in [6.07, 6.45) is 0. The van der Waals surface area contributed by atoms with Gasteiger partial charge in [0.1, 0.15) is 16.5 Å². The van der Waals surface area contributed by atoms with Crippen molar-refractivity contribution in [3.63, 3.8) is 0 Å². The average molecular weight is 381 g/mol. The van der Waals surface area contributed by atoms with Crippen LogP contribution in [0.2, 0.25) is 0 Å². The molecular formula is C20H19N3O3S. The zero-order chi connectivity index (χ0) is 19.2. The van der Waals surface area contributed by atoms with Gasteiger partial charge in [-0.2, -0.15) is 0 Å². The zero-order valence-electron chi connectivity index (χ0n) is 15.0. The summed E-state index contributed by atoms with van der Waals surface area (Å²) in [5.41, 5.74) is 2.59. The average Bonchev–Trinajstić information content (AvgIpc) is 3.14. The SMILES string of the molecule is CCOc1ccc(-c2nc(C(=O)Nc3ccc(NC(C)=O)cc3)cs2)cc1. The smallest absolute Gasteiger partial charge is 0.275 e. The number of amides is 2. The highest BCUT2D eigenvalue weighted by Gasteiger charge is 2.12. The molecule has 0 spiro atoms. The van der Waals surface area contributed by atoms with Gasteiger partial charge in [-0.05, 0) is 55.5 Å². The lowest BCUT2D eigenvalue weighted by molar-refractivity contribution is -0.114. The second kappa shape index (κ2) is 8.46. The van der Waals surface area contributed by atoms with Gasteiger partial charge in [0, 0.05) is 29.2 Å². The Hall–Kier alpha value is -3.19. The molecule has 2 N–H and O–H groups in total. The number of hydrogen-bond donors (Lipinski definition) is 2. The Labute approximate surface area is 161 Å². The van der Waals surface area contributed by atoms with E-state index in [9.17, 15) is 9.59 Å². The Morgan fingerprint density at radius 3 is 2.22 bits per heavy atom. The minimum absolute atomic E-state index is 0.143. The van der Waals surface area contributed by atoms with E-state index in [1.165, 1.54) is 18.3 Å². The molecule has 2 amide bonds. The van der Waals surface area contributed by atoms with Gasteiger partial charge in [0.15, 0.2) is 0 Å². The molecule has 3 aromatic rings. The second-order valence-electron chi connectivity index (χ2n) is 5.71. The van der Waals surface area contributed by atoms with Crippen molar-refractivity contribution >= 4 is 34.5 Å².